The lowest BCUT2D eigenvalue weighted by Crippen LogP contribution is -2.63. The van der Waals surface area contributed by atoms with Gasteiger partial charge in [-0.15, -0.1) is 0 Å². The van der Waals surface area contributed by atoms with Gasteiger partial charge in [-0.05, 0) is 60.3 Å². The summed E-state index contributed by atoms with van der Waals surface area (Å²) < 4.78 is 16.6. The van der Waals surface area contributed by atoms with Crippen LogP contribution in [0.25, 0.3) is 0 Å². The van der Waals surface area contributed by atoms with Crippen LogP contribution in [0.5, 0.6) is 0 Å². The van der Waals surface area contributed by atoms with Gasteiger partial charge in [0.05, 0.1) is 6.10 Å². The average Bonchev–Trinajstić information content (AvgIpc) is 2.56. The molecular weight excluding hydrogens is 272 g/mol. The Morgan fingerprint density at radius 2 is 1.48 bits per heavy atom. The van der Waals surface area contributed by atoms with Crippen LogP contribution in [0.4, 0.5) is 0 Å². The van der Waals surface area contributed by atoms with Crippen LogP contribution < -0.4 is 0 Å². The molecule has 1 aliphatic heterocycles. The van der Waals surface area contributed by atoms with E-state index in [1.165, 1.54) is 0 Å². The van der Waals surface area contributed by atoms with Crippen LogP contribution in [0.15, 0.2) is 0 Å². The number of esters is 2. The number of hydrogen-bond acceptors (Lipinski definition) is 5. The first-order valence-corrected chi connectivity index (χ1v) is 7.54. The Kier molecular flexibility index (Phi) is 3.85. The Hall–Kier alpha value is -1.10. The number of hydrogen-bond donors (Lipinski definition) is 0. The lowest BCUT2D eigenvalue weighted by atomic mass is 9.59. The molecule has 21 heavy (non-hydrogen) atoms. The maximum absolute atomic E-state index is 12.6. The zero-order valence-corrected chi connectivity index (χ0v) is 13.8. The third-order valence-electron chi connectivity index (χ3n) is 3.81. The largest absolute Gasteiger partial charge is 0.459 e. The van der Waals surface area contributed by atoms with Gasteiger partial charge < -0.3 is 14.2 Å². The maximum atomic E-state index is 12.6. The lowest BCUT2D eigenvalue weighted by Gasteiger charge is -2.48. The predicted molar refractivity (Wildman–Crippen MR) is 76.6 cm³/mol. The Labute approximate surface area is 126 Å². The van der Waals surface area contributed by atoms with Crippen LogP contribution in [0.2, 0.25) is 0 Å². The molecule has 1 saturated heterocycles. The van der Waals surface area contributed by atoms with Gasteiger partial charge in [-0.3, -0.25) is 9.59 Å². The minimum atomic E-state index is -1.29. The van der Waals surface area contributed by atoms with Crippen LogP contribution in [0, 0.1) is 11.3 Å². The van der Waals surface area contributed by atoms with E-state index in [1.807, 2.05) is 0 Å². The zero-order chi connectivity index (χ0) is 16.1. The van der Waals surface area contributed by atoms with Crippen molar-refractivity contribution >= 4 is 11.9 Å². The van der Waals surface area contributed by atoms with Gasteiger partial charge in [-0.2, -0.15) is 0 Å². The monoisotopic (exact) mass is 298 g/mol. The van der Waals surface area contributed by atoms with Gasteiger partial charge in [-0.1, -0.05) is 0 Å². The summed E-state index contributed by atoms with van der Waals surface area (Å²) in [6.07, 6.45) is 0.946. The van der Waals surface area contributed by atoms with Crippen molar-refractivity contribution in [1.82, 2.24) is 0 Å². The topological polar surface area (TPSA) is 61.8 Å². The third-order valence-corrected chi connectivity index (χ3v) is 3.81. The summed E-state index contributed by atoms with van der Waals surface area (Å²) in [5.41, 5.74) is -2.58. The molecule has 0 spiro atoms. The molecule has 0 radical (unpaired) electrons. The molecule has 0 bridgehead atoms. The van der Waals surface area contributed by atoms with Crippen molar-refractivity contribution in [3.8, 4) is 0 Å². The maximum Gasteiger partial charge on any atom is 0.326 e. The summed E-state index contributed by atoms with van der Waals surface area (Å²) in [6.45, 7) is 11.3. The van der Waals surface area contributed by atoms with Crippen LogP contribution in [-0.4, -0.2) is 35.9 Å². The highest BCUT2D eigenvalue weighted by molar-refractivity contribution is 6.02. The summed E-state index contributed by atoms with van der Waals surface area (Å²) >= 11 is 0. The molecule has 5 heteroatoms. The molecule has 2 rings (SSSR count). The van der Waals surface area contributed by atoms with Crippen LogP contribution in [0.1, 0.15) is 54.4 Å². The fourth-order valence-corrected chi connectivity index (χ4v) is 2.98. The zero-order valence-electron chi connectivity index (χ0n) is 13.8. The molecule has 1 aliphatic carbocycles. The van der Waals surface area contributed by atoms with Crippen molar-refractivity contribution in [1.29, 1.82) is 0 Å². The summed E-state index contributed by atoms with van der Waals surface area (Å²) in [7, 11) is 0. The Bertz CT molecular complexity index is 413. The second-order valence-corrected chi connectivity index (χ2v) is 8.02. The van der Waals surface area contributed by atoms with E-state index < -0.39 is 34.7 Å². The Morgan fingerprint density at radius 1 is 1.00 bits per heavy atom. The van der Waals surface area contributed by atoms with Gasteiger partial charge in [0.2, 0.25) is 0 Å². The molecule has 0 unspecified atom stereocenters. The van der Waals surface area contributed by atoms with E-state index in [4.69, 9.17) is 14.2 Å². The molecule has 0 aromatic carbocycles. The van der Waals surface area contributed by atoms with Crippen molar-refractivity contribution < 1.29 is 23.8 Å². The summed E-state index contributed by atoms with van der Waals surface area (Å²) in [5.74, 6) is -0.787. The molecular formula is C16H26O5. The number of carbonyl (C=O) groups excluding carboxylic acids is 2. The van der Waals surface area contributed by atoms with Crippen molar-refractivity contribution in [2.75, 3.05) is 6.61 Å². The van der Waals surface area contributed by atoms with Crippen LogP contribution in [0.3, 0.4) is 0 Å². The molecule has 2 fully saturated rings. The molecule has 2 atom stereocenters. The molecule has 0 N–H and O–H groups in total. The van der Waals surface area contributed by atoms with Crippen LogP contribution in [-0.2, 0) is 23.8 Å². The number of rotatable bonds is 2. The van der Waals surface area contributed by atoms with E-state index in [-0.39, 0.29) is 5.92 Å². The quantitative estimate of drug-likeness (QED) is 0.579. The van der Waals surface area contributed by atoms with Gasteiger partial charge >= 0.3 is 11.9 Å². The number of carbonyl (C=O) groups is 2. The summed E-state index contributed by atoms with van der Waals surface area (Å²) in [6, 6.07) is 0. The van der Waals surface area contributed by atoms with E-state index in [9.17, 15) is 9.59 Å². The van der Waals surface area contributed by atoms with E-state index in [2.05, 4.69) is 0 Å². The fraction of sp³-hybridized carbons (Fsp3) is 0.875. The average molecular weight is 298 g/mol. The Morgan fingerprint density at radius 3 is 1.86 bits per heavy atom. The molecule has 0 aromatic rings. The SMILES string of the molecule is CC(C)(C)OC(=O)C1(C(=O)OC(C)(C)C)C[C@H]2CCO[C@H]21. The molecule has 5 nitrogen and oxygen atoms in total. The molecule has 0 aromatic heterocycles. The Balaban J connectivity index is 2.24. The van der Waals surface area contributed by atoms with Gasteiger partial charge in [0.15, 0.2) is 5.41 Å². The molecule has 120 valence electrons. The van der Waals surface area contributed by atoms with E-state index in [0.29, 0.717) is 13.0 Å². The molecule has 2 aliphatic rings. The highest BCUT2D eigenvalue weighted by Crippen LogP contribution is 2.54. The van der Waals surface area contributed by atoms with Crippen molar-refractivity contribution in [3.63, 3.8) is 0 Å². The second-order valence-electron chi connectivity index (χ2n) is 8.02. The van der Waals surface area contributed by atoms with Crippen molar-refractivity contribution in [2.45, 2.75) is 71.7 Å². The number of fused-ring (bicyclic) bond motifs is 1. The first-order valence-electron chi connectivity index (χ1n) is 7.54. The molecule has 0 amide bonds. The summed E-state index contributed by atoms with van der Waals surface area (Å²) in [5, 5.41) is 0. The van der Waals surface area contributed by atoms with Crippen LogP contribution >= 0.6 is 0 Å². The van der Waals surface area contributed by atoms with Crippen molar-refractivity contribution in [2.24, 2.45) is 11.3 Å². The molecule has 1 heterocycles. The normalized spacial score (nSPS) is 27.5. The summed E-state index contributed by atoms with van der Waals surface area (Å²) in [4.78, 5) is 25.3. The highest BCUT2D eigenvalue weighted by Gasteiger charge is 2.69. The molecule has 1 saturated carbocycles. The minimum absolute atomic E-state index is 0.255. The van der Waals surface area contributed by atoms with E-state index >= 15 is 0 Å². The van der Waals surface area contributed by atoms with Gasteiger partial charge in [0, 0.05) is 6.61 Å². The first kappa shape index (κ1) is 16.3. The fourth-order valence-electron chi connectivity index (χ4n) is 2.98. The predicted octanol–water partition coefficient (Wildman–Crippen LogP) is 2.47. The second kappa shape index (κ2) is 4.97. The number of ether oxygens (including phenoxy) is 3. The van der Waals surface area contributed by atoms with Gasteiger partial charge in [0.25, 0.3) is 0 Å². The minimum Gasteiger partial charge on any atom is -0.459 e. The standard InChI is InChI=1S/C16H26O5/c1-14(2,3)20-12(17)16(13(18)21-15(4,5)6)9-10-7-8-19-11(10)16/h10-11H,7-9H2,1-6H3/t10-,11-/m1/s1. The lowest BCUT2D eigenvalue weighted by molar-refractivity contribution is -0.213. The smallest absolute Gasteiger partial charge is 0.326 e. The van der Waals surface area contributed by atoms with Crippen molar-refractivity contribution in [3.05, 3.63) is 0 Å². The van der Waals surface area contributed by atoms with Gasteiger partial charge in [0.1, 0.15) is 11.2 Å². The van der Waals surface area contributed by atoms with E-state index in [0.717, 1.165) is 6.42 Å². The van der Waals surface area contributed by atoms with Gasteiger partial charge in [-0.25, -0.2) is 0 Å². The van der Waals surface area contributed by atoms with E-state index in [1.54, 1.807) is 41.5 Å². The third kappa shape index (κ3) is 3.07. The highest BCUT2D eigenvalue weighted by atomic mass is 16.6. The first-order chi connectivity index (χ1) is 9.46.